The molecule has 0 fully saturated rings. The van der Waals surface area contributed by atoms with Crippen LogP contribution in [0.2, 0.25) is 0 Å². The van der Waals surface area contributed by atoms with E-state index in [1.54, 1.807) is 14.1 Å². The van der Waals surface area contributed by atoms with Gasteiger partial charge in [0.05, 0.1) is 14.2 Å². The molecule has 0 aliphatic carbocycles. The molecule has 0 saturated heterocycles. The van der Waals surface area contributed by atoms with Gasteiger partial charge >= 0.3 is 12.2 Å². The molecule has 0 saturated carbocycles. The van der Waals surface area contributed by atoms with Crippen molar-refractivity contribution in [1.82, 2.24) is 5.32 Å². The number of methoxy groups -OCH3 is 2. The van der Waals surface area contributed by atoms with Crippen molar-refractivity contribution in [1.29, 1.82) is 0 Å². The number of hydrogen-bond acceptors (Lipinski definition) is 7. The molecular formula is C37H43N3O6. The largest absolute Gasteiger partial charge is 0.491 e. The van der Waals surface area contributed by atoms with Crippen LogP contribution in [0.3, 0.4) is 0 Å². The van der Waals surface area contributed by atoms with Crippen molar-refractivity contribution < 1.29 is 28.9 Å². The molecule has 242 valence electrons. The topological polar surface area (TPSA) is 101 Å². The third kappa shape index (κ3) is 8.65. The second-order valence-electron chi connectivity index (χ2n) is 11.1. The van der Waals surface area contributed by atoms with Gasteiger partial charge in [-0.2, -0.15) is 0 Å². The Morgan fingerprint density at radius 3 is 1.70 bits per heavy atom. The maximum absolute atomic E-state index is 12.2. The van der Waals surface area contributed by atoms with Crippen LogP contribution in [0.15, 0.2) is 109 Å². The summed E-state index contributed by atoms with van der Waals surface area (Å²) in [6.45, 7) is 1.14. The number of nitrogens with one attached hydrogen (secondary N) is 1. The molecule has 0 aliphatic heterocycles. The average Bonchev–Trinajstić information content (AvgIpc) is 3.11. The molecule has 0 radical (unpaired) electrons. The van der Waals surface area contributed by atoms with Gasteiger partial charge in [-0.3, -0.25) is 9.80 Å². The minimum absolute atomic E-state index is 0.177. The number of carbonyl (C=O) groups is 2. The predicted octanol–water partition coefficient (Wildman–Crippen LogP) is 6.04. The third-order valence-electron chi connectivity index (χ3n) is 8.15. The standard InChI is InChI=1S/C37H43N3O6/c1-39(35(42)44-3)31-19-15-29(16-20-31)37(25-28-11-7-5-8-12-28,30-17-21-32(22-18-30)40(2)36(43)45-4)23-24-38-26-33(41)27-46-34-13-9-6-10-14-34/h5-22,33,38,41H,23-27H2,1-4H3/t33-/m0/s1. The Kier molecular flexibility index (Phi) is 12.2. The summed E-state index contributed by atoms with van der Waals surface area (Å²) in [5.41, 5.74) is 4.18. The summed E-state index contributed by atoms with van der Waals surface area (Å²) in [7, 11) is 6.06. The Hall–Kier alpha value is -4.86. The fourth-order valence-electron chi connectivity index (χ4n) is 5.52. The Labute approximate surface area is 271 Å². The molecule has 0 aromatic heterocycles. The van der Waals surface area contributed by atoms with E-state index in [4.69, 9.17) is 14.2 Å². The zero-order chi connectivity index (χ0) is 32.9. The van der Waals surface area contributed by atoms with Gasteiger partial charge in [0.1, 0.15) is 18.5 Å². The predicted molar refractivity (Wildman–Crippen MR) is 181 cm³/mol. The van der Waals surface area contributed by atoms with E-state index in [-0.39, 0.29) is 6.61 Å². The highest BCUT2D eigenvalue weighted by atomic mass is 16.5. The number of carbonyl (C=O) groups excluding carboxylic acids is 2. The van der Waals surface area contributed by atoms with E-state index in [1.807, 2.05) is 72.8 Å². The second kappa shape index (κ2) is 16.5. The highest BCUT2D eigenvalue weighted by Crippen LogP contribution is 2.40. The van der Waals surface area contributed by atoms with E-state index in [0.717, 1.165) is 16.7 Å². The smallest absolute Gasteiger partial charge is 0.413 e. The van der Waals surface area contributed by atoms with Crippen LogP contribution in [0, 0.1) is 0 Å². The number of para-hydroxylation sites is 1. The first kappa shape index (κ1) is 34.0. The van der Waals surface area contributed by atoms with Gasteiger partial charge in [-0.1, -0.05) is 72.8 Å². The van der Waals surface area contributed by atoms with Crippen LogP contribution in [0.5, 0.6) is 5.75 Å². The lowest BCUT2D eigenvalue weighted by Gasteiger charge is -2.36. The Morgan fingerprint density at radius 1 is 0.739 bits per heavy atom. The highest BCUT2D eigenvalue weighted by Gasteiger charge is 2.35. The Bertz CT molecular complexity index is 1450. The molecule has 0 unspecified atom stereocenters. The van der Waals surface area contributed by atoms with Gasteiger partial charge < -0.3 is 24.6 Å². The zero-order valence-corrected chi connectivity index (χ0v) is 26.9. The number of aliphatic hydroxyl groups is 1. The number of amides is 2. The molecule has 1 atom stereocenters. The molecule has 0 aliphatic rings. The SMILES string of the molecule is COC(=O)N(C)c1ccc(C(CCNC[C@H](O)COc2ccccc2)(Cc2ccccc2)c2ccc(N(C)C(=O)OC)cc2)cc1. The molecule has 0 spiro atoms. The maximum Gasteiger partial charge on any atom is 0.413 e. The van der Waals surface area contributed by atoms with Gasteiger partial charge in [-0.05, 0) is 72.5 Å². The van der Waals surface area contributed by atoms with Crippen molar-refractivity contribution in [3.8, 4) is 5.75 Å². The maximum atomic E-state index is 12.2. The van der Waals surface area contributed by atoms with Gasteiger partial charge in [0.25, 0.3) is 0 Å². The monoisotopic (exact) mass is 625 g/mol. The number of rotatable bonds is 14. The summed E-state index contributed by atoms with van der Waals surface area (Å²) in [4.78, 5) is 27.3. The van der Waals surface area contributed by atoms with Crippen molar-refractivity contribution in [2.75, 3.05) is 57.8 Å². The summed E-state index contributed by atoms with van der Waals surface area (Å²) in [5, 5.41) is 14.1. The fourth-order valence-corrected chi connectivity index (χ4v) is 5.52. The minimum atomic E-state index is -0.690. The van der Waals surface area contributed by atoms with Crippen LogP contribution in [0.1, 0.15) is 23.1 Å². The van der Waals surface area contributed by atoms with Crippen molar-refractivity contribution in [3.63, 3.8) is 0 Å². The van der Waals surface area contributed by atoms with E-state index in [9.17, 15) is 14.7 Å². The van der Waals surface area contributed by atoms with E-state index in [0.29, 0.717) is 43.1 Å². The van der Waals surface area contributed by atoms with Gasteiger partial charge in [0.2, 0.25) is 0 Å². The van der Waals surface area contributed by atoms with E-state index >= 15 is 0 Å². The Balaban J connectivity index is 1.65. The van der Waals surface area contributed by atoms with Crippen LogP contribution in [0.25, 0.3) is 0 Å². The number of nitrogens with zero attached hydrogens (tertiary/aromatic N) is 2. The lowest BCUT2D eigenvalue weighted by Crippen LogP contribution is -2.38. The minimum Gasteiger partial charge on any atom is -0.491 e. The quantitative estimate of drug-likeness (QED) is 0.165. The number of benzene rings is 4. The van der Waals surface area contributed by atoms with Crippen LogP contribution in [-0.4, -0.2) is 71.4 Å². The number of hydrogen-bond donors (Lipinski definition) is 2. The molecule has 0 bridgehead atoms. The summed E-state index contributed by atoms with van der Waals surface area (Å²) in [6, 6.07) is 35.6. The van der Waals surface area contributed by atoms with Crippen LogP contribution >= 0.6 is 0 Å². The molecular weight excluding hydrogens is 582 g/mol. The van der Waals surface area contributed by atoms with E-state index in [1.165, 1.54) is 24.0 Å². The summed E-state index contributed by atoms with van der Waals surface area (Å²) in [6.07, 6.45) is -0.217. The molecule has 4 aromatic rings. The first-order valence-electron chi connectivity index (χ1n) is 15.2. The third-order valence-corrected chi connectivity index (χ3v) is 8.15. The van der Waals surface area contributed by atoms with Crippen molar-refractivity contribution >= 4 is 23.6 Å². The second-order valence-corrected chi connectivity index (χ2v) is 11.1. The normalized spacial score (nSPS) is 11.8. The van der Waals surface area contributed by atoms with E-state index < -0.39 is 23.7 Å². The zero-order valence-electron chi connectivity index (χ0n) is 26.9. The van der Waals surface area contributed by atoms with Gasteiger partial charge in [-0.25, -0.2) is 9.59 Å². The van der Waals surface area contributed by atoms with Crippen molar-refractivity contribution in [2.45, 2.75) is 24.4 Å². The number of ether oxygens (including phenoxy) is 3. The summed E-state index contributed by atoms with van der Waals surface area (Å²) >= 11 is 0. The number of aliphatic hydroxyl groups excluding tert-OH is 1. The average molecular weight is 626 g/mol. The molecule has 2 amide bonds. The molecule has 4 rings (SSSR count). The molecule has 46 heavy (non-hydrogen) atoms. The highest BCUT2D eigenvalue weighted by molar-refractivity contribution is 5.87. The Morgan fingerprint density at radius 2 is 1.22 bits per heavy atom. The lowest BCUT2D eigenvalue weighted by molar-refractivity contribution is 0.106. The lowest BCUT2D eigenvalue weighted by atomic mass is 9.68. The van der Waals surface area contributed by atoms with Crippen molar-refractivity contribution in [3.05, 3.63) is 126 Å². The van der Waals surface area contributed by atoms with Gasteiger partial charge in [0.15, 0.2) is 0 Å². The van der Waals surface area contributed by atoms with E-state index in [2.05, 4.69) is 41.7 Å². The first-order chi connectivity index (χ1) is 22.3. The van der Waals surface area contributed by atoms with Crippen LogP contribution in [-0.2, 0) is 21.3 Å². The number of anilines is 2. The molecule has 9 heteroatoms. The van der Waals surface area contributed by atoms with Crippen LogP contribution in [0.4, 0.5) is 21.0 Å². The molecule has 2 N–H and O–H groups in total. The fraction of sp³-hybridized carbons (Fsp3) is 0.297. The summed E-state index contributed by atoms with van der Waals surface area (Å²) < 4.78 is 15.5. The van der Waals surface area contributed by atoms with Gasteiger partial charge in [-0.15, -0.1) is 0 Å². The first-order valence-corrected chi connectivity index (χ1v) is 15.2. The molecule has 4 aromatic carbocycles. The van der Waals surface area contributed by atoms with Crippen LogP contribution < -0.4 is 19.9 Å². The van der Waals surface area contributed by atoms with Gasteiger partial charge in [0, 0.05) is 37.4 Å². The van der Waals surface area contributed by atoms with Crippen molar-refractivity contribution in [2.24, 2.45) is 0 Å². The molecule has 9 nitrogen and oxygen atoms in total. The summed E-state index contributed by atoms with van der Waals surface area (Å²) in [5.74, 6) is 0.714. The molecule has 0 heterocycles.